The Balaban J connectivity index is 1.96. The van der Waals surface area contributed by atoms with Crippen molar-refractivity contribution in [3.05, 3.63) is 70.9 Å². The summed E-state index contributed by atoms with van der Waals surface area (Å²) in [5.74, 6) is 0.176. The summed E-state index contributed by atoms with van der Waals surface area (Å²) in [6.45, 7) is 2.04. The van der Waals surface area contributed by atoms with E-state index >= 15 is 0 Å². The molecular formula is C21H20ClN3O4. The van der Waals surface area contributed by atoms with Crippen LogP contribution in [0.2, 0.25) is 5.02 Å². The summed E-state index contributed by atoms with van der Waals surface area (Å²) in [5, 5.41) is 18.1. The van der Waals surface area contributed by atoms with E-state index in [-0.39, 0.29) is 18.8 Å². The molecule has 1 N–H and O–H groups in total. The number of oxime groups is 1. The van der Waals surface area contributed by atoms with Crippen LogP contribution in [-0.2, 0) is 11.3 Å². The van der Waals surface area contributed by atoms with Crippen molar-refractivity contribution in [2.75, 3.05) is 13.7 Å². The average molecular weight is 414 g/mol. The van der Waals surface area contributed by atoms with E-state index in [1.807, 2.05) is 12.1 Å². The normalized spacial score (nSPS) is 11.3. The van der Waals surface area contributed by atoms with Crippen LogP contribution in [0.3, 0.4) is 0 Å². The van der Waals surface area contributed by atoms with Crippen LogP contribution in [0.5, 0.6) is 5.75 Å². The van der Waals surface area contributed by atoms with Gasteiger partial charge in [-0.1, -0.05) is 28.9 Å². The fourth-order valence-electron chi connectivity index (χ4n) is 2.77. The number of nitrogens with zero attached hydrogens (tertiary/aromatic N) is 3. The third-order valence-electron chi connectivity index (χ3n) is 4.25. The van der Waals surface area contributed by atoms with E-state index < -0.39 is 5.97 Å². The standard InChI is InChI=1S/C21H20ClN3O4/c1-3-29-21(26)20-12-18(14-4-8-16(22)9-5-14)23-25(20)13-19(24-27)15-6-10-17(28-2)11-7-15/h4-12,27H,3,13H2,1-2H3/b24-19-. The van der Waals surface area contributed by atoms with Crippen molar-refractivity contribution in [3.63, 3.8) is 0 Å². The van der Waals surface area contributed by atoms with E-state index in [9.17, 15) is 10.0 Å². The molecule has 0 saturated carbocycles. The van der Waals surface area contributed by atoms with Gasteiger partial charge in [-0.15, -0.1) is 0 Å². The molecule has 1 aromatic heterocycles. The first-order chi connectivity index (χ1) is 14.0. The molecule has 3 rings (SSSR count). The first-order valence-electron chi connectivity index (χ1n) is 8.92. The maximum Gasteiger partial charge on any atom is 0.356 e. The topological polar surface area (TPSA) is 85.9 Å². The van der Waals surface area contributed by atoms with Crippen LogP contribution < -0.4 is 4.74 Å². The van der Waals surface area contributed by atoms with Gasteiger partial charge in [-0.05, 0) is 49.4 Å². The van der Waals surface area contributed by atoms with Crippen molar-refractivity contribution in [2.24, 2.45) is 5.16 Å². The van der Waals surface area contributed by atoms with Gasteiger partial charge in [-0.25, -0.2) is 4.79 Å². The van der Waals surface area contributed by atoms with E-state index in [1.54, 1.807) is 56.5 Å². The lowest BCUT2D eigenvalue weighted by Gasteiger charge is -2.09. The highest BCUT2D eigenvalue weighted by Gasteiger charge is 2.19. The number of aromatic nitrogens is 2. The highest BCUT2D eigenvalue weighted by Crippen LogP contribution is 2.22. The fourth-order valence-corrected chi connectivity index (χ4v) is 2.90. The molecule has 150 valence electrons. The lowest BCUT2D eigenvalue weighted by atomic mass is 10.1. The van der Waals surface area contributed by atoms with E-state index in [4.69, 9.17) is 21.1 Å². The predicted octanol–water partition coefficient (Wildman–Crippen LogP) is 4.27. The first-order valence-corrected chi connectivity index (χ1v) is 9.29. The van der Waals surface area contributed by atoms with Crippen molar-refractivity contribution in [1.82, 2.24) is 9.78 Å². The molecule has 7 nitrogen and oxygen atoms in total. The van der Waals surface area contributed by atoms with E-state index in [0.29, 0.717) is 27.7 Å². The molecule has 1 heterocycles. The quantitative estimate of drug-likeness (QED) is 0.270. The summed E-state index contributed by atoms with van der Waals surface area (Å²) in [5.41, 5.74) is 2.64. The third kappa shape index (κ3) is 4.75. The number of rotatable bonds is 7. The van der Waals surface area contributed by atoms with Gasteiger partial charge in [0.2, 0.25) is 0 Å². The van der Waals surface area contributed by atoms with Gasteiger partial charge in [-0.3, -0.25) is 4.68 Å². The Morgan fingerprint density at radius 2 is 1.86 bits per heavy atom. The number of carbonyl (C=O) groups is 1. The molecule has 0 bridgehead atoms. The van der Waals surface area contributed by atoms with Crippen molar-refractivity contribution in [3.8, 4) is 17.0 Å². The molecular weight excluding hydrogens is 394 g/mol. The van der Waals surface area contributed by atoms with E-state index in [2.05, 4.69) is 10.3 Å². The Labute approximate surface area is 173 Å². The third-order valence-corrected chi connectivity index (χ3v) is 4.50. The summed E-state index contributed by atoms with van der Waals surface area (Å²) >= 11 is 5.95. The van der Waals surface area contributed by atoms with Gasteiger partial charge in [0.1, 0.15) is 17.2 Å². The highest BCUT2D eigenvalue weighted by molar-refractivity contribution is 6.30. The molecule has 0 aliphatic rings. The second-order valence-electron chi connectivity index (χ2n) is 6.08. The summed E-state index contributed by atoms with van der Waals surface area (Å²) < 4.78 is 11.8. The Kier molecular flexibility index (Phi) is 6.51. The van der Waals surface area contributed by atoms with Gasteiger partial charge < -0.3 is 14.7 Å². The number of halogens is 1. The number of methoxy groups -OCH3 is 1. The number of carbonyl (C=O) groups excluding carboxylic acids is 1. The van der Waals surface area contributed by atoms with Crippen molar-refractivity contribution in [1.29, 1.82) is 0 Å². The average Bonchev–Trinajstić information content (AvgIpc) is 3.17. The van der Waals surface area contributed by atoms with Crippen molar-refractivity contribution >= 4 is 23.3 Å². The van der Waals surface area contributed by atoms with Gasteiger partial charge in [0.05, 0.1) is 26.0 Å². The van der Waals surface area contributed by atoms with Crippen LogP contribution in [0.15, 0.2) is 59.8 Å². The summed E-state index contributed by atoms with van der Waals surface area (Å²) in [7, 11) is 1.57. The maximum atomic E-state index is 12.4. The molecule has 0 atom stereocenters. The molecule has 0 amide bonds. The minimum atomic E-state index is -0.507. The smallest absolute Gasteiger partial charge is 0.356 e. The number of benzene rings is 2. The van der Waals surface area contributed by atoms with Crippen LogP contribution in [-0.4, -0.2) is 40.4 Å². The zero-order chi connectivity index (χ0) is 20.8. The van der Waals surface area contributed by atoms with Crippen molar-refractivity contribution < 1.29 is 19.5 Å². The lowest BCUT2D eigenvalue weighted by Crippen LogP contribution is -2.19. The van der Waals surface area contributed by atoms with E-state index in [0.717, 1.165) is 5.56 Å². The van der Waals surface area contributed by atoms with Gasteiger partial charge in [0.15, 0.2) is 0 Å². The molecule has 0 radical (unpaired) electrons. The molecule has 29 heavy (non-hydrogen) atoms. The predicted molar refractivity (Wildman–Crippen MR) is 110 cm³/mol. The zero-order valence-corrected chi connectivity index (χ0v) is 16.8. The highest BCUT2D eigenvalue weighted by atomic mass is 35.5. The number of hydrogen-bond donors (Lipinski definition) is 1. The monoisotopic (exact) mass is 413 g/mol. The molecule has 3 aromatic rings. The van der Waals surface area contributed by atoms with Gasteiger partial charge in [0, 0.05) is 16.1 Å². The van der Waals surface area contributed by atoms with Crippen molar-refractivity contribution in [2.45, 2.75) is 13.5 Å². The van der Waals surface area contributed by atoms with E-state index in [1.165, 1.54) is 4.68 Å². The Morgan fingerprint density at radius 1 is 1.17 bits per heavy atom. The molecule has 0 saturated heterocycles. The van der Waals surface area contributed by atoms with Gasteiger partial charge >= 0.3 is 5.97 Å². The number of ether oxygens (including phenoxy) is 2. The number of hydrogen-bond acceptors (Lipinski definition) is 6. The molecule has 0 aliphatic heterocycles. The fraction of sp³-hybridized carbons (Fsp3) is 0.190. The Hall–Kier alpha value is -3.32. The first kappa shape index (κ1) is 20.4. The number of esters is 1. The minimum absolute atomic E-state index is 0.0740. The van der Waals surface area contributed by atoms with Crippen LogP contribution in [0.4, 0.5) is 0 Å². The molecule has 8 heteroatoms. The Bertz CT molecular complexity index is 1010. The van der Waals surface area contributed by atoms with Crippen LogP contribution >= 0.6 is 11.6 Å². The minimum Gasteiger partial charge on any atom is -0.497 e. The van der Waals surface area contributed by atoms with Crippen LogP contribution in [0.1, 0.15) is 23.0 Å². The largest absolute Gasteiger partial charge is 0.497 e. The summed E-state index contributed by atoms with van der Waals surface area (Å²) in [6.07, 6.45) is 0. The maximum absolute atomic E-state index is 12.4. The second-order valence-corrected chi connectivity index (χ2v) is 6.51. The van der Waals surface area contributed by atoms with Gasteiger partial charge in [-0.2, -0.15) is 5.10 Å². The second kappa shape index (κ2) is 9.25. The zero-order valence-electron chi connectivity index (χ0n) is 16.0. The molecule has 0 spiro atoms. The summed E-state index contributed by atoms with van der Waals surface area (Å²) in [6, 6.07) is 15.8. The molecule has 0 fully saturated rings. The Morgan fingerprint density at radius 3 is 2.45 bits per heavy atom. The molecule has 0 unspecified atom stereocenters. The van der Waals surface area contributed by atoms with Gasteiger partial charge in [0.25, 0.3) is 0 Å². The van der Waals surface area contributed by atoms with Crippen LogP contribution in [0.25, 0.3) is 11.3 Å². The molecule has 2 aromatic carbocycles. The summed E-state index contributed by atoms with van der Waals surface area (Å²) in [4.78, 5) is 12.4. The lowest BCUT2D eigenvalue weighted by molar-refractivity contribution is 0.0513. The molecule has 0 aliphatic carbocycles. The van der Waals surface area contributed by atoms with Crippen LogP contribution in [0, 0.1) is 0 Å². The SMILES string of the molecule is CCOC(=O)c1cc(-c2ccc(Cl)cc2)nn1C/C(=N/O)c1ccc(OC)cc1.